The van der Waals surface area contributed by atoms with Gasteiger partial charge in [-0.2, -0.15) is 0 Å². The topological polar surface area (TPSA) is 74.7 Å². The fourth-order valence-electron chi connectivity index (χ4n) is 2.34. The van der Waals surface area contributed by atoms with Gasteiger partial charge in [0.05, 0.1) is 5.56 Å². The van der Waals surface area contributed by atoms with Gasteiger partial charge in [0.25, 0.3) is 5.91 Å². The minimum Gasteiger partial charge on any atom is -0.478 e. The Labute approximate surface area is 146 Å². The highest BCUT2D eigenvalue weighted by Crippen LogP contribution is 2.22. The van der Waals surface area contributed by atoms with Crippen LogP contribution in [0.4, 0.5) is 5.69 Å². The Morgan fingerprint density at radius 1 is 0.800 bits per heavy atom. The minimum atomic E-state index is -1.01. The number of hydrogen-bond acceptors (Lipinski definition) is 3. The Morgan fingerprint density at radius 3 is 1.68 bits per heavy atom. The molecule has 1 N–H and O–H groups in total. The van der Waals surface area contributed by atoms with Gasteiger partial charge in [0.2, 0.25) is 0 Å². The van der Waals surface area contributed by atoms with Crippen LogP contribution < -0.4 is 4.90 Å². The van der Waals surface area contributed by atoms with Crippen molar-refractivity contribution in [3.8, 4) is 0 Å². The van der Waals surface area contributed by atoms with Crippen LogP contribution in [0, 0.1) is 5.41 Å². The molecule has 0 spiro atoms. The van der Waals surface area contributed by atoms with E-state index in [9.17, 15) is 14.4 Å². The first-order valence-electron chi connectivity index (χ1n) is 7.87. The zero-order valence-corrected chi connectivity index (χ0v) is 14.7. The summed E-state index contributed by atoms with van der Waals surface area (Å²) in [4.78, 5) is 37.1. The van der Waals surface area contributed by atoms with E-state index in [0.29, 0.717) is 16.8 Å². The van der Waals surface area contributed by atoms with Crippen molar-refractivity contribution in [2.24, 2.45) is 5.41 Å². The molecule has 0 aliphatic carbocycles. The van der Waals surface area contributed by atoms with Crippen molar-refractivity contribution < 1.29 is 19.5 Å². The Hall–Kier alpha value is -2.95. The number of carboxylic acids is 1. The average molecular weight is 339 g/mol. The average Bonchev–Trinajstić information content (AvgIpc) is 2.59. The van der Waals surface area contributed by atoms with Gasteiger partial charge in [-0.25, -0.2) is 4.79 Å². The number of aromatic carboxylic acids is 1. The number of ketones is 1. The van der Waals surface area contributed by atoms with E-state index in [0.717, 1.165) is 0 Å². The standard InChI is InChI=1S/C20H21NO4/c1-20(2,3)17(22)13-5-7-14(8-6-13)18(23)21(4)16-11-9-15(10-12-16)19(24)25/h5-12H,1-4H3,(H,24,25). The van der Waals surface area contributed by atoms with E-state index in [-0.39, 0.29) is 17.3 Å². The monoisotopic (exact) mass is 339 g/mol. The molecule has 0 aliphatic rings. The summed E-state index contributed by atoms with van der Waals surface area (Å²) < 4.78 is 0. The number of carboxylic acid groups (broad SMARTS) is 1. The third-order valence-corrected chi connectivity index (χ3v) is 3.88. The van der Waals surface area contributed by atoms with Crippen molar-refractivity contribution in [3.63, 3.8) is 0 Å². The third kappa shape index (κ3) is 4.12. The number of carbonyl (C=O) groups excluding carboxylic acids is 2. The van der Waals surface area contributed by atoms with Crippen LogP contribution in [0.2, 0.25) is 0 Å². The molecular weight excluding hydrogens is 318 g/mol. The fourth-order valence-corrected chi connectivity index (χ4v) is 2.34. The minimum absolute atomic E-state index is 0.0177. The summed E-state index contributed by atoms with van der Waals surface area (Å²) >= 11 is 0. The van der Waals surface area contributed by atoms with Gasteiger partial charge in [-0.3, -0.25) is 9.59 Å². The van der Waals surface area contributed by atoms with Gasteiger partial charge in [-0.15, -0.1) is 0 Å². The van der Waals surface area contributed by atoms with E-state index in [1.54, 1.807) is 43.4 Å². The quantitative estimate of drug-likeness (QED) is 0.858. The van der Waals surface area contributed by atoms with Gasteiger partial charge in [0.1, 0.15) is 0 Å². The van der Waals surface area contributed by atoms with E-state index >= 15 is 0 Å². The van der Waals surface area contributed by atoms with Crippen molar-refractivity contribution in [1.29, 1.82) is 0 Å². The number of amides is 1. The lowest BCUT2D eigenvalue weighted by Gasteiger charge is -2.19. The summed E-state index contributed by atoms with van der Waals surface area (Å²) in [6, 6.07) is 12.6. The second-order valence-corrected chi connectivity index (χ2v) is 6.87. The smallest absolute Gasteiger partial charge is 0.335 e. The Kier molecular flexibility index (Phi) is 5.07. The van der Waals surface area contributed by atoms with Crippen LogP contribution in [-0.2, 0) is 0 Å². The van der Waals surface area contributed by atoms with E-state index in [1.165, 1.54) is 17.0 Å². The molecule has 2 aromatic carbocycles. The molecule has 0 aromatic heterocycles. The van der Waals surface area contributed by atoms with E-state index in [1.807, 2.05) is 20.8 Å². The number of nitrogens with zero attached hydrogens (tertiary/aromatic N) is 1. The number of rotatable bonds is 4. The largest absolute Gasteiger partial charge is 0.478 e. The zero-order chi connectivity index (χ0) is 18.8. The first-order chi connectivity index (χ1) is 11.6. The lowest BCUT2D eigenvalue weighted by molar-refractivity contribution is 0.0696. The summed E-state index contributed by atoms with van der Waals surface area (Å²) in [6.07, 6.45) is 0. The highest BCUT2D eigenvalue weighted by molar-refractivity contribution is 6.07. The van der Waals surface area contributed by atoms with E-state index in [2.05, 4.69) is 0 Å². The Bertz CT molecular complexity index is 799. The van der Waals surface area contributed by atoms with Crippen molar-refractivity contribution in [2.45, 2.75) is 20.8 Å². The van der Waals surface area contributed by atoms with Gasteiger partial charge in [0, 0.05) is 29.3 Å². The lowest BCUT2D eigenvalue weighted by atomic mass is 9.86. The molecule has 2 aromatic rings. The molecular formula is C20H21NO4. The number of Topliss-reactive ketones (excluding diaryl/α,β-unsaturated/α-hetero) is 1. The summed E-state index contributed by atoms with van der Waals surface area (Å²) in [5.74, 6) is -1.23. The molecule has 0 bridgehead atoms. The molecule has 0 saturated heterocycles. The molecule has 0 fully saturated rings. The van der Waals surface area contributed by atoms with Crippen LogP contribution >= 0.6 is 0 Å². The summed E-state index contributed by atoms with van der Waals surface area (Å²) in [5.41, 5.74) is 1.29. The normalized spacial score (nSPS) is 11.0. The highest BCUT2D eigenvalue weighted by atomic mass is 16.4. The first kappa shape index (κ1) is 18.4. The van der Waals surface area contributed by atoms with Gasteiger partial charge in [-0.05, 0) is 36.4 Å². The molecule has 25 heavy (non-hydrogen) atoms. The molecule has 0 aliphatic heterocycles. The van der Waals surface area contributed by atoms with Crippen LogP contribution in [0.3, 0.4) is 0 Å². The van der Waals surface area contributed by atoms with Crippen molar-refractivity contribution in [3.05, 3.63) is 65.2 Å². The van der Waals surface area contributed by atoms with Crippen LogP contribution in [0.5, 0.6) is 0 Å². The number of anilines is 1. The van der Waals surface area contributed by atoms with Gasteiger partial charge in [-0.1, -0.05) is 32.9 Å². The molecule has 5 nitrogen and oxygen atoms in total. The van der Waals surface area contributed by atoms with Gasteiger partial charge < -0.3 is 10.0 Å². The number of carbonyl (C=O) groups is 3. The predicted molar refractivity (Wildman–Crippen MR) is 96.4 cm³/mol. The zero-order valence-electron chi connectivity index (χ0n) is 14.7. The Morgan fingerprint density at radius 2 is 1.24 bits per heavy atom. The SMILES string of the molecule is CN(C(=O)c1ccc(C(=O)C(C)(C)C)cc1)c1ccc(C(=O)O)cc1. The third-order valence-electron chi connectivity index (χ3n) is 3.88. The van der Waals surface area contributed by atoms with Crippen molar-refractivity contribution >= 4 is 23.3 Å². The molecule has 2 rings (SSSR count). The predicted octanol–water partition coefficient (Wildman–Crippen LogP) is 3.89. The maximum absolute atomic E-state index is 12.6. The second kappa shape index (κ2) is 6.89. The van der Waals surface area contributed by atoms with Crippen molar-refractivity contribution in [2.75, 3.05) is 11.9 Å². The lowest BCUT2D eigenvalue weighted by Crippen LogP contribution is -2.26. The second-order valence-electron chi connectivity index (χ2n) is 6.87. The van der Waals surface area contributed by atoms with Crippen LogP contribution in [0.1, 0.15) is 51.8 Å². The highest BCUT2D eigenvalue weighted by Gasteiger charge is 2.23. The summed E-state index contributed by atoms with van der Waals surface area (Å²) in [5, 5.41) is 8.92. The molecule has 5 heteroatoms. The fraction of sp³-hybridized carbons (Fsp3) is 0.250. The molecule has 1 amide bonds. The van der Waals surface area contributed by atoms with E-state index < -0.39 is 11.4 Å². The van der Waals surface area contributed by atoms with E-state index in [4.69, 9.17) is 5.11 Å². The van der Waals surface area contributed by atoms with Crippen LogP contribution in [0.15, 0.2) is 48.5 Å². The molecule has 0 radical (unpaired) electrons. The summed E-state index contributed by atoms with van der Waals surface area (Å²) in [6.45, 7) is 5.55. The molecule has 0 atom stereocenters. The van der Waals surface area contributed by atoms with Crippen molar-refractivity contribution in [1.82, 2.24) is 0 Å². The first-order valence-corrected chi connectivity index (χ1v) is 7.87. The molecule has 130 valence electrons. The maximum atomic E-state index is 12.6. The number of hydrogen-bond donors (Lipinski definition) is 1. The molecule has 0 unspecified atom stereocenters. The van der Waals surface area contributed by atoms with Gasteiger partial charge in [0.15, 0.2) is 5.78 Å². The molecule has 0 saturated carbocycles. The Balaban J connectivity index is 2.19. The number of benzene rings is 2. The summed E-state index contributed by atoms with van der Waals surface area (Å²) in [7, 11) is 1.62. The van der Waals surface area contributed by atoms with Crippen LogP contribution in [-0.4, -0.2) is 29.8 Å². The maximum Gasteiger partial charge on any atom is 0.335 e. The van der Waals surface area contributed by atoms with Gasteiger partial charge >= 0.3 is 5.97 Å². The van der Waals surface area contributed by atoms with Crippen LogP contribution in [0.25, 0.3) is 0 Å². The molecule has 0 heterocycles.